The van der Waals surface area contributed by atoms with Crippen LogP contribution < -0.4 is 5.32 Å². The molecular weight excluding hydrogens is 249 g/mol. The van der Waals surface area contributed by atoms with Crippen molar-refractivity contribution in [1.82, 2.24) is 5.32 Å². The van der Waals surface area contributed by atoms with Gasteiger partial charge in [0.15, 0.2) is 5.78 Å². The highest BCUT2D eigenvalue weighted by molar-refractivity contribution is 6.27. The number of halogens is 1. The second-order valence-electron chi connectivity index (χ2n) is 4.64. The zero-order valence-corrected chi connectivity index (χ0v) is 11.3. The molecule has 5 heteroatoms. The molecule has 1 amide bonds. The SMILES string of the molecule is CCCCCC=CC(F)C1NC(=O)C(=C(C)O)C1=O. The second kappa shape index (κ2) is 7.07. The number of allylic oxidation sites excluding steroid dienone is 2. The van der Waals surface area contributed by atoms with E-state index in [9.17, 15) is 19.1 Å². The Labute approximate surface area is 112 Å². The summed E-state index contributed by atoms with van der Waals surface area (Å²) in [5.41, 5.74) is -0.341. The second-order valence-corrected chi connectivity index (χ2v) is 4.64. The minimum Gasteiger partial charge on any atom is -0.512 e. The van der Waals surface area contributed by atoms with E-state index in [4.69, 9.17) is 0 Å². The molecule has 2 N–H and O–H groups in total. The van der Waals surface area contributed by atoms with Crippen molar-refractivity contribution in [2.75, 3.05) is 0 Å². The van der Waals surface area contributed by atoms with Gasteiger partial charge in [0.05, 0.1) is 0 Å². The lowest BCUT2D eigenvalue weighted by atomic mass is 10.0. The standard InChI is InChI=1S/C14H20FNO3/c1-3-4-5-6-7-8-10(15)12-13(18)11(9(2)17)14(19)16-12/h7-8,10,12,17H,3-6H2,1-2H3,(H,16,19). The van der Waals surface area contributed by atoms with E-state index in [2.05, 4.69) is 12.2 Å². The quantitative estimate of drug-likeness (QED) is 0.256. The summed E-state index contributed by atoms with van der Waals surface area (Å²) in [4.78, 5) is 23.2. The molecule has 0 bridgehead atoms. The van der Waals surface area contributed by atoms with Crippen molar-refractivity contribution in [2.45, 2.75) is 51.7 Å². The third kappa shape index (κ3) is 3.91. The maximum Gasteiger partial charge on any atom is 0.259 e. The Morgan fingerprint density at radius 1 is 1.47 bits per heavy atom. The van der Waals surface area contributed by atoms with Crippen LogP contribution in [-0.4, -0.2) is 29.0 Å². The van der Waals surface area contributed by atoms with E-state index in [1.807, 2.05) is 0 Å². The van der Waals surface area contributed by atoms with Crippen molar-refractivity contribution in [3.63, 3.8) is 0 Å². The van der Waals surface area contributed by atoms with Crippen LogP contribution in [0.2, 0.25) is 0 Å². The summed E-state index contributed by atoms with van der Waals surface area (Å²) >= 11 is 0. The van der Waals surface area contributed by atoms with Crippen LogP contribution in [0.1, 0.15) is 39.5 Å². The highest BCUT2D eigenvalue weighted by Crippen LogP contribution is 2.18. The number of rotatable bonds is 6. The van der Waals surface area contributed by atoms with Gasteiger partial charge in [-0.3, -0.25) is 9.59 Å². The van der Waals surface area contributed by atoms with Gasteiger partial charge in [0.1, 0.15) is 23.5 Å². The Morgan fingerprint density at radius 3 is 2.68 bits per heavy atom. The van der Waals surface area contributed by atoms with Gasteiger partial charge in [-0.2, -0.15) is 0 Å². The van der Waals surface area contributed by atoms with E-state index in [1.54, 1.807) is 6.08 Å². The fourth-order valence-corrected chi connectivity index (χ4v) is 1.96. The largest absolute Gasteiger partial charge is 0.512 e. The minimum absolute atomic E-state index is 0.341. The molecule has 0 aromatic heterocycles. The highest BCUT2D eigenvalue weighted by atomic mass is 19.1. The van der Waals surface area contributed by atoms with Gasteiger partial charge in [0.25, 0.3) is 5.91 Å². The zero-order valence-electron chi connectivity index (χ0n) is 11.3. The third-order valence-corrected chi connectivity index (χ3v) is 3.02. The molecule has 4 nitrogen and oxygen atoms in total. The number of hydrogen-bond acceptors (Lipinski definition) is 3. The van der Waals surface area contributed by atoms with Crippen LogP contribution in [0.5, 0.6) is 0 Å². The van der Waals surface area contributed by atoms with Gasteiger partial charge in [-0.15, -0.1) is 0 Å². The number of hydrogen-bond donors (Lipinski definition) is 2. The molecule has 19 heavy (non-hydrogen) atoms. The molecule has 0 aromatic rings. The molecule has 0 aromatic carbocycles. The van der Waals surface area contributed by atoms with Crippen LogP contribution in [0.4, 0.5) is 4.39 Å². The molecule has 2 atom stereocenters. The van der Waals surface area contributed by atoms with Crippen molar-refractivity contribution < 1.29 is 19.1 Å². The van der Waals surface area contributed by atoms with Crippen molar-refractivity contribution in [2.24, 2.45) is 0 Å². The first-order valence-electron chi connectivity index (χ1n) is 6.54. The monoisotopic (exact) mass is 269 g/mol. The zero-order chi connectivity index (χ0) is 14.4. The molecule has 106 valence electrons. The van der Waals surface area contributed by atoms with Crippen LogP contribution in [0.3, 0.4) is 0 Å². The van der Waals surface area contributed by atoms with Crippen molar-refractivity contribution in [3.05, 3.63) is 23.5 Å². The summed E-state index contributed by atoms with van der Waals surface area (Å²) in [6.45, 7) is 3.32. The Kier molecular flexibility index (Phi) is 5.73. The minimum atomic E-state index is -1.56. The molecule has 0 aliphatic carbocycles. The van der Waals surface area contributed by atoms with E-state index < -0.39 is 23.9 Å². The van der Waals surface area contributed by atoms with Crippen LogP contribution >= 0.6 is 0 Å². The maximum atomic E-state index is 13.9. The summed E-state index contributed by atoms with van der Waals surface area (Å²) in [6, 6.07) is -1.22. The Hall–Kier alpha value is -1.65. The van der Waals surface area contributed by atoms with Crippen LogP contribution in [0.25, 0.3) is 0 Å². The number of unbranched alkanes of at least 4 members (excludes halogenated alkanes) is 3. The summed E-state index contributed by atoms with van der Waals surface area (Å²) in [6.07, 6.45) is 5.33. The Morgan fingerprint density at radius 2 is 2.16 bits per heavy atom. The number of nitrogens with one attached hydrogen (secondary N) is 1. The summed E-state index contributed by atoms with van der Waals surface area (Å²) in [5.74, 6) is -1.77. The predicted octanol–water partition coefficient (Wildman–Crippen LogP) is 2.36. The average molecular weight is 269 g/mol. The van der Waals surface area contributed by atoms with Gasteiger partial charge in [-0.1, -0.05) is 31.9 Å². The first-order valence-corrected chi connectivity index (χ1v) is 6.54. The van der Waals surface area contributed by atoms with Crippen molar-refractivity contribution in [3.8, 4) is 0 Å². The van der Waals surface area contributed by atoms with Gasteiger partial charge in [0, 0.05) is 0 Å². The first-order chi connectivity index (χ1) is 8.99. The lowest BCUT2D eigenvalue weighted by Crippen LogP contribution is -2.37. The number of carbonyl (C=O) groups is 2. The number of Topliss-reactive ketones (excluding diaryl/α,β-unsaturated/α-hetero) is 1. The fraction of sp³-hybridized carbons (Fsp3) is 0.571. The molecule has 1 aliphatic heterocycles. The maximum absolute atomic E-state index is 13.9. The molecule has 1 aliphatic rings. The van der Waals surface area contributed by atoms with E-state index >= 15 is 0 Å². The van der Waals surface area contributed by atoms with Gasteiger partial charge >= 0.3 is 0 Å². The van der Waals surface area contributed by atoms with E-state index in [-0.39, 0.29) is 11.3 Å². The highest BCUT2D eigenvalue weighted by Gasteiger charge is 2.41. The van der Waals surface area contributed by atoms with Crippen LogP contribution in [0, 0.1) is 0 Å². The predicted molar refractivity (Wildman–Crippen MR) is 70.4 cm³/mol. The number of alkyl halides is 1. The molecule has 2 unspecified atom stereocenters. The van der Waals surface area contributed by atoms with E-state index in [0.29, 0.717) is 0 Å². The smallest absolute Gasteiger partial charge is 0.259 e. The van der Waals surface area contributed by atoms with E-state index in [0.717, 1.165) is 25.7 Å². The molecule has 1 fully saturated rings. The average Bonchev–Trinajstić information content (AvgIpc) is 2.64. The van der Waals surface area contributed by atoms with Gasteiger partial charge in [-0.05, 0) is 19.8 Å². The lowest BCUT2D eigenvalue weighted by molar-refractivity contribution is -0.117. The first kappa shape index (κ1) is 15.4. The Balaban J connectivity index is 2.60. The molecule has 1 rings (SSSR count). The van der Waals surface area contributed by atoms with Crippen molar-refractivity contribution in [1.29, 1.82) is 0 Å². The lowest BCUT2D eigenvalue weighted by Gasteiger charge is -2.09. The van der Waals surface area contributed by atoms with Gasteiger partial charge in [-0.25, -0.2) is 4.39 Å². The number of amides is 1. The van der Waals surface area contributed by atoms with Crippen LogP contribution in [0.15, 0.2) is 23.5 Å². The molecule has 1 saturated heterocycles. The number of aliphatic hydroxyl groups is 1. The van der Waals surface area contributed by atoms with Gasteiger partial charge in [0.2, 0.25) is 0 Å². The van der Waals surface area contributed by atoms with E-state index in [1.165, 1.54) is 13.0 Å². The molecule has 0 saturated carbocycles. The summed E-state index contributed by atoms with van der Waals surface area (Å²) in [5, 5.41) is 11.5. The fourth-order valence-electron chi connectivity index (χ4n) is 1.96. The molecule has 0 radical (unpaired) electrons. The van der Waals surface area contributed by atoms with Crippen molar-refractivity contribution >= 4 is 11.7 Å². The third-order valence-electron chi connectivity index (χ3n) is 3.02. The summed E-state index contributed by atoms with van der Waals surface area (Å²) in [7, 11) is 0. The number of aliphatic hydroxyl groups excluding tert-OH is 1. The normalized spacial score (nSPS) is 23.8. The molecule has 1 heterocycles. The Bertz CT molecular complexity index is 411. The molecule has 0 spiro atoms. The van der Waals surface area contributed by atoms with Crippen LogP contribution in [-0.2, 0) is 9.59 Å². The molecular formula is C14H20FNO3. The topological polar surface area (TPSA) is 66.4 Å². The van der Waals surface area contributed by atoms with Gasteiger partial charge < -0.3 is 10.4 Å². The number of ketones is 1. The summed E-state index contributed by atoms with van der Waals surface area (Å²) < 4.78 is 13.9. The number of carbonyl (C=O) groups excluding carboxylic acids is 2.